The van der Waals surface area contributed by atoms with Crippen LogP contribution in [0, 0.1) is 0 Å². The summed E-state index contributed by atoms with van der Waals surface area (Å²) < 4.78 is 2.01. The third kappa shape index (κ3) is 4.36. The molecule has 4 rings (SSSR count). The number of amides is 2. The highest BCUT2D eigenvalue weighted by Crippen LogP contribution is 2.23. The summed E-state index contributed by atoms with van der Waals surface area (Å²) in [5, 5.41) is 5.68. The molecule has 28 heavy (non-hydrogen) atoms. The lowest BCUT2D eigenvalue weighted by Crippen LogP contribution is -2.45. The smallest absolute Gasteiger partial charge is 0.251 e. The molecular weight excluding hydrogens is 372 g/mol. The predicted molar refractivity (Wildman–Crippen MR) is 109 cm³/mol. The summed E-state index contributed by atoms with van der Waals surface area (Å²) in [6.45, 7) is 0.684. The van der Waals surface area contributed by atoms with Crippen LogP contribution in [-0.2, 0) is 10.5 Å². The highest BCUT2D eigenvalue weighted by atomic mass is 32.2. The molecule has 1 aliphatic rings. The van der Waals surface area contributed by atoms with Gasteiger partial charge in [0.15, 0.2) is 0 Å². The van der Waals surface area contributed by atoms with E-state index in [9.17, 15) is 9.59 Å². The first-order valence-corrected chi connectivity index (χ1v) is 10.4. The van der Waals surface area contributed by atoms with Gasteiger partial charge in [-0.25, -0.2) is 4.98 Å². The Hall–Kier alpha value is -2.80. The Morgan fingerprint density at radius 3 is 2.89 bits per heavy atom. The van der Waals surface area contributed by atoms with E-state index in [1.165, 1.54) is 0 Å². The van der Waals surface area contributed by atoms with E-state index in [1.54, 1.807) is 23.9 Å². The number of carbonyl (C=O) groups is 2. The van der Waals surface area contributed by atoms with Crippen LogP contribution in [0.1, 0.15) is 35.3 Å². The average molecular weight is 395 g/mol. The number of rotatable bonds is 5. The van der Waals surface area contributed by atoms with E-state index in [4.69, 9.17) is 0 Å². The van der Waals surface area contributed by atoms with Gasteiger partial charge < -0.3 is 15.0 Å². The van der Waals surface area contributed by atoms with Gasteiger partial charge in [-0.1, -0.05) is 6.07 Å². The first-order valence-electron chi connectivity index (χ1n) is 9.43. The van der Waals surface area contributed by atoms with Crippen LogP contribution >= 0.6 is 11.8 Å². The molecule has 0 saturated carbocycles. The van der Waals surface area contributed by atoms with Crippen LogP contribution in [0.5, 0.6) is 0 Å². The molecule has 6 nitrogen and oxygen atoms in total. The monoisotopic (exact) mass is 394 g/mol. The second kappa shape index (κ2) is 8.48. The molecule has 3 aromatic rings. The highest BCUT2D eigenvalue weighted by Gasteiger charge is 2.22. The number of imidazole rings is 1. The number of benzene rings is 1. The lowest BCUT2D eigenvalue weighted by Gasteiger charge is -2.15. The molecule has 144 valence electrons. The van der Waals surface area contributed by atoms with E-state index in [2.05, 4.69) is 15.6 Å². The minimum Gasteiger partial charge on any atom is -0.354 e. The molecule has 1 aromatic carbocycles. The molecule has 0 radical (unpaired) electrons. The van der Waals surface area contributed by atoms with Crippen molar-refractivity contribution < 1.29 is 9.59 Å². The molecule has 0 unspecified atom stereocenters. The Bertz CT molecular complexity index is 950. The maximum atomic E-state index is 12.5. The van der Waals surface area contributed by atoms with Crippen LogP contribution in [0.15, 0.2) is 59.8 Å². The second-order valence-electron chi connectivity index (χ2n) is 6.82. The maximum Gasteiger partial charge on any atom is 0.251 e. The summed E-state index contributed by atoms with van der Waals surface area (Å²) in [5.41, 5.74) is 2.51. The molecule has 3 heterocycles. The van der Waals surface area contributed by atoms with Crippen molar-refractivity contribution in [3.8, 4) is 0 Å². The Kier molecular flexibility index (Phi) is 5.62. The number of hydrogen-bond acceptors (Lipinski definition) is 4. The van der Waals surface area contributed by atoms with E-state index in [1.807, 2.05) is 47.1 Å². The van der Waals surface area contributed by atoms with Crippen molar-refractivity contribution in [1.82, 2.24) is 20.0 Å². The van der Waals surface area contributed by atoms with E-state index in [0.29, 0.717) is 18.5 Å². The van der Waals surface area contributed by atoms with Gasteiger partial charge >= 0.3 is 0 Å². The van der Waals surface area contributed by atoms with Gasteiger partial charge in [0.1, 0.15) is 11.7 Å². The highest BCUT2D eigenvalue weighted by molar-refractivity contribution is 7.98. The fourth-order valence-corrected chi connectivity index (χ4v) is 4.02. The molecule has 2 amide bonds. The Balaban J connectivity index is 1.35. The van der Waals surface area contributed by atoms with Gasteiger partial charge in [0.2, 0.25) is 5.91 Å². The zero-order valence-corrected chi connectivity index (χ0v) is 16.2. The van der Waals surface area contributed by atoms with Gasteiger partial charge in [-0.05, 0) is 55.7 Å². The lowest BCUT2D eigenvalue weighted by atomic mass is 10.1. The molecule has 0 aliphatic carbocycles. The fourth-order valence-electron chi connectivity index (χ4n) is 3.24. The van der Waals surface area contributed by atoms with Crippen LogP contribution in [0.3, 0.4) is 0 Å². The van der Waals surface area contributed by atoms with Gasteiger partial charge in [-0.2, -0.15) is 0 Å². The minimum atomic E-state index is -0.445. The average Bonchev–Trinajstić information content (AvgIpc) is 3.03. The molecule has 2 N–H and O–H groups in total. The van der Waals surface area contributed by atoms with Crippen molar-refractivity contribution in [1.29, 1.82) is 0 Å². The predicted octanol–water partition coefficient (Wildman–Crippen LogP) is 3.03. The largest absolute Gasteiger partial charge is 0.354 e. The van der Waals surface area contributed by atoms with Gasteiger partial charge in [-0.15, -0.1) is 11.8 Å². The van der Waals surface area contributed by atoms with Crippen molar-refractivity contribution in [2.75, 3.05) is 6.54 Å². The van der Waals surface area contributed by atoms with Gasteiger partial charge in [0, 0.05) is 35.2 Å². The minimum absolute atomic E-state index is 0.0921. The third-order valence-electron chi connectivity index (χ3n) is 4.76. The Labute approximate surface area is 167 Å². The SMILES string of the molecule is O=C(N[C@@H]1CCCCNC1=O)c1ccc(SCc2cn3ccccc3n2)cc1. The molecule has 1 atom stereocenters. The molecule has 0 bridgehead atoms. The number of carbonyl (C=O) groups excluding carboxylic acids is 2. The summed E-state index contributed by atoms with van der Waals surface area (Å²) in [4.78, 5) is 30.1. The molecule has 1 saturated heterocycles. The molecule has 7 heteroatoms. The third-order valence-corrected chi connectivity index (χ3v) is 5.80. The van der Waals surface area contributed by atoms with Crippen molar-refractivity contribution in [2.24, 2.45) is 0 Å². The van der Waals surface area contributed by atoms with Crippen molar-refractivity contribution in [2.45, 2.75) is 36.0 Å². The van der Waals surface area contributed by atoms with Crippen LogP contribution < -0.4 is 10.6 Å². The van der Waals surface area contributed by atoms with Gasteiger partial charge in [0.05, 0.1) is 5.69 Å². The first-order chi connectivity index (χ1) is 13.7. The van der Waals surface area contributed by atoms with Crippen LogP contribution in [0.25, 0.3) is 5.65 Å². The number of nitrogens with one attached hydrogen (secondary N) is 2. The molecule has 1 fully saturated rings. The second-order valence-corrected chi connectivity index (χ2v) is 7.87. The molecule has 0 spiro atoms. The maximum absolute atomic E-state index is 12.5. The van der Waals surface area contributed by atoms with E-state index in [-0.39, 0.29) is 11.8 Å². The summed E-state index contributed by atoms with van der Waals surface area (Å²) in [5.74, 6) is 0.458. The van der Waals surface area contributed by atoms with Gasteiger partial charge in [-0.3, -0.25) is 9.59 Å². The number of nitrogens with zero attached hydrogens (tertiary/aromatic N) is 2. The van der Waals surface area contributed by atoms with E-state index in [0.717, 1.165) is 34.8 Å². The van der Waals surface area contributed by atoms with E-state index < -0.39 is 6.04 Å². The quantitative estimate of drug-likeness (QED) is 0.653. The standard InChI is InChI=1S/C21H22N4O2S/c26-20(24-18-5-1-3-11-22-21(18)27)15-7-9-17(10-8-15)28-14-16-13-25-12-4-2-6-19(25)23-16/h2,4,6-10,12-13,18H,1,3,5,11,14H2,(H,22,27)(H,24,26)/t18-/m1/s1. The van der Waals surface area contributed by atoms with Crippen LogP contribution in [0.4, 0.5) is 0 Å². The summed E-state index contributed by atoms with van der Waals surface area (Å²) in [7, 11) is 0. The topological polar surface area (TPSA) is 75.5 Å². The molecular formula is C21H22N4O2S. The number of aromatic nitrogens is 2. The Morgan fingerprint density at radius 1 is 1.21 bits per heavy atom. The fraction of sp³-hybridized carbons (Fsp3) is 0.286. The van der Waals surface area contributed by atoms with Crippen LogP contribution in [-0.4, -0.2) is 33.8 Å². The van der Waals surface area contributed by atoms with E-state index >= 15 is 0 Å². The lowest BCUT2D eigenvalue weighted by molar-refractivity contribution is -0.122. The number of pyridine rings is 1. The number of fused-ring (bicyclic) bond motifs is 1. The van der Waals surface area contributed by atoms with Crippen molar-refractivity contribution in [3.05, 3.63) is 66.1 Å². The van der Waals surface area contributed by atoms with Gasteiger partial charge in [0.25, 0.3) is 5.91 Å². The molecule has 1 aliphatic heterocycles. The zero-order valence-electron chi connectivity index (χ0n) is 15.4. The normalized spacial score (nSPS) is 17.1. The summed E-state index contributed by atoms with van der Waals surface area (Å²) >= 11 is 1.68. The number of hydrogen-bond donors (Lipinski definition) is 2. The Morgan fingerprint density at radius 2 is 2.07 bits per heavy atom. The van der Waals surface area contributed by atoms with Crippen molar-refractivity contribution >= 4 is 29.2 Å². The van der Waals surface area contributed by atoms with Crippen molar-refractivity contribution in [3.63, 3.8) is 0 Å². The van der Waals surface area contributed by atoms with Crippen LogP contribution in [0.2, 0.25) is 0 Å². The summed E-state index contributed by atoms with van der Waals surface area (Å²) in [6.07, 6.45) is 6.59. The summed E-state index contributed by atoms with van der Waals surface area (Å²) in [6, 6.07) is 13.0. The first kappa shape index (κ1) is 18.6. The molecule has 2 aromatic heterocycles. The zero-order chi connectivity index (χ0) is 19.3. The number of thioether (sulfide) groups is 1.